The first-order valence-electron chi connectivity index (χ1n) is 8.01. The van der Waals surface area contributed by atoms with Crippen molar-refractivity contribution in [3.05, 3.63) is 90.0 Å². The molecule has 0 aliphatic heterocycles. The quantitative estimate of drug-likeness (QED) is 0.612. The predicted molar refractivity (Wildman–Crippen MR) is 90.9 cm³/mol. The van der Waals surface area contributed by atoms with E-state index in [2.05, 4.69) is 70.6 Å². The number of aromatic nitrogens is 2. The van der Waals surface area contributed by atoms with E-state index in [0.29, 0.717) is 5.92 Å². The molecule has 0 amide bonds. The lowest BCUT2D eigenvalue weighted by Gasteiger charge is -2.18. The van der Waals surface area contributed by atoms with E-state index in [4.69, 9.17) is 0 Å². The number of rotatable bonds is 7. The summed E-state index contributed by atoms with van der Waals surface area (Å²) in [5.41, 5.74) is 3.98. The van der Waals surface area contributed by atoms with Crippen LogP contribution in [0.2, 0.25) is 0 Å². The second kappa shape index (κ2) is 7.60. The second-order valence-electron chi connectivity index (χ2n) is 5.68. The van der Waals surface area contributed by atoms with Crippen LogP contribution in [0.15, 0.2) is 73.2 Å². The van der Waals surface area contributed by atoms with Gasteiger partial charge in [-0.25, -0.2) is 4.98 Å². The Morgan fingerprint density at radius 3 is 2.00 bits per heavy atom. The largest absolute Gasteiger partial charge is 0.351 e. The van der Waals surface area contributed by atoms with Gasteiger partial charge < -0.3 is 4.98 Å². The molecular weight excluding hydrogens is 268 g/mol. The van der Waals surface area contributed by atoms with Crippen LogP contribution in [-0.4, -0.2) is 9.97 Å². The number of H-pyrrole nitrogens is 1. The molecule has 0 atom stereocenters. The Kier molecular flexibility index (Phi) is 5.04. The van der Waals surface area contributed by atoms with Crippen molar-refractivity contribution in [3.63, 3.8) is 0 Å². The highest BCUT2D eigenvalue weighted by molar-refractivity contribution is 5.32. The Labute approximate surface area is 132 Å². The standard InChI is InChI=1S/C20H22N2/c1-3-9-17(10-4-1)20(18-11-5-2-6-12-18)14-8-7-13-19-15-21-16-22-19/h1-6,9-12,15-16,20H,7-8,13-14H2,(H,21,22). The van der Waals surface area contributed by atoms with Crippen LogP contribution in [0.25, 0.3) is 0 Å². The molecule has 1 aromatic heterocycles. The van der Waals surface area contributed by atoms with Crippen LogP contribution in [0, 0.1) is 0 Å². The average Bonchev–Trinajstić information content (AvgIpc) is 3.10. The molecule has 2 heteroatoms. The lowest BCUT2D eigenvalue weighted by molar-refractivity contribution is 0.623. The Balaban J connectivity index is 1.64. The molecule has 0 fully saturated rings. The molecular formula is C20H22N2. The van der Waals surface area contributed by atoms with Gasteiger partial charge in [-0.05, 0) is 30.4 Å². The number of unbranched alkanes of at least 4 members (excludes halogenated alkanes) is 1. The molecule has 0 saturated heterocycles. The highest BCUT2D eigenvalue weighted by Gasteiger charge is 2.13. The smallest absolute Gasteiger partial charge is 0.0923 e. The summed E-state index contributed by atoms with van der Waals surface area (Å²) < 4.78 is 0. The summed E-state index contributed by atoms with van der Waals surface area (Å²) in [5, 5.41) is 0. The first-order chi connectivity index (χ1) is 10.9. The lowest BCUT2D eigenvalue weighted by Crippen LogP contribution is -2.01. The molecule has 0 bridgehead atoms. The van der Waals surface area contributed by atoms with Crippen molar-refractivity contribution in [2.24, 2.45) is 0 Å². The molecule has 0 spiro atoms. The monoisotopic (exact) mass is 290 g/mol. The third kappa shape index (κ3) is 3.85. The van der Waals surface area contributed by atoms with Crippen LogP contribution in [0.3, 0.4) is 0 Å². The number of aryl methyl sites for hydroxylation is 1. The minimum absolute atomic E-state index is 0.488. The fourth-order valence-corrected chi connectivity index (χ4v) is 2.98. The number of hydrogen-bond acceptors (Lipinski definition) is 1. The zero-order valence-electron chi connectivity index (χ0n) is 12.8. The molecule has 112 valence electrons. The maximum absolute atomic E-state index is 4.29. The summed E-state index contributed by atoms with van der Waals surface area (Å²) in [6.45, 7) is 0. The molecule has 22 heavy (non-hydrogen) atoms. The van der Waals surface area contributed by atoms with Gasteiger partial charge in [0.05, 0.1) is 12.0 Å². The molecule has 1 heterocycles. The van der Waals surface area contributed by atoms with Crippen molar-refractivity contribution >= 4 is 0 Å². The maximum atomic E-state index is 4.29. The molecule has 0 saturated carbocycles. The van der Waals surface area contributed by atoms with E-state index in [1.165, 1.54) is 30.4 Å². The number of aromatic amines is 1. The summed E-state index contributed by atoms with van der Waals surface area (Å²) in [6.07, 6.45) is 8.37. The van der Waals surface area contributed by atoms with Gasteiger partial charge in [0.1, 0.15) is 0 Å². The molecule has 1 N–H and O–H groups in total. The van der Waals surface area contributed by atoms with Gasteiger partial charge in [-0.2, -0.15) is 0 Å². The molecule has 2 aromatic carbocycles. The number of nitrogens with one attached hydrogen (secondary N) is 1. The van der Waals surface area contributed by atoms with Gasteiger partial charge in [0.15, 0.2) is 0 Å². The van der Waals surface area contributed by atoms with Crippen molar-refractivity contribution in [3.8, 4) is 0 Å². The lowest BCUT2D eigenvalue weighted by atomic mass is 9.87. The average molecular weight is 290 g/mol. The SMILES string of the molecule is c1ccc(C(CCCCc2c[nH]cn2)c2ccccc2)cc1. The molecule has 0 aliphatic rings. The van der Waals surface area contributed by atoms with E-state index >= 15 is 0 Å². The van der Waals surface area contributed by atoms with Crippen LogP contribution in [0.4, 0.5) is 0 Å². The summed E-state index contributed by atoms with van der Waals surface area (Å²) in [7, 11) is 0. The zero-order valence-corrected chi connectivity index (χ0v) is 12.8. The van der Waals surface area contributed by atoms with E-state index in [0.717, 1.165) is 12.1 Å². The normalized spacial score (nSPS) is 11.0. The first-order valence-corrected chi connectivity index (χ1v) is 8.01. The minimum atomic E-state index is 0.488. The fraction of sp³-hybridized carbons (Fsp3) is 0.250. The van der Waals surface area contributed by atoms with Crippen LogP contribution in [0.1, 0.15) is 42.0 Å². The Bertz CT molecular complexity index is 605. The Morgan fingerprint density at radius 2 is 1.45 bits per heavy atom. The third-order valence-electron chi connectivity index (χ3n) is 4.13. The van der Waals surface area contributed by atoms with E-state index in [1.54, 1.807) is 6.33 Å². The highest BCUT2D eigenvalue weighted by Crippen LogP contribution is 2.29. The van der Waals surface area contributed by atoms with Gasteiger partial charge in [-0.1, -0.05) is 67.1 Å². The van der Waals surface area contributed by atoms with Gasteiger partial charge in [-0.3, -0.25) is 0 Å². The van der Waals surface area contributed by atoms with E-state index in [9.17, 15) is 0 Å². The minimum Gasteiger partial charge on any atom is -0.351 e. The fourth-order valence-electron chi connectivity index (χ4n) is 2.98. The van der Waals surface area contributed by atoms with Crippen molar-refractivity contribution in [2.75, 3.05) is 0 Å². The molecule has 0 aliphatic carbocycles. The van der Waals surface area contributed by atoms with Crippen molar-refractivity contribution in [1.82, 2.24) is 9.97 Å². The highest BCUT2D eigenvalue weighted by atomic mass is 14.9. The van der Waals surface area contributed by atoms with Crippen molar-refractivity contribution in [2.45, 2.75) is 31.6 Å². The number of benzene rings is 2. The van der Waals surface area contributed by atoms with E-state index in [1.807, 2.05) is 6.20 Å². The second-order valence-corrected chi connectivity index (χ2v) is 5.68. The van der Waals surface area contributed by atoms with Crippen LogP contribution in [0.5, 0.6) is 0 Å². The number of hydrogen-bond donors (Lipinski definition) is 1. The van der Waals surface area contributed by atoms with E-state index in [-0.39, 0.29) is 0 Å². The van der Waals surface area contributed by atoms with Gasteiger partial charge in [0, 0.05) is 12.1 Å². The van der Waals surface area contributed by atoms with Crippen molar-refractivity contribution in [1.29, 1.82) is 0 Å². The molecule has 3 rings (SSSR count). The summed E-state index contributed by atoms with van der Waals surface area (Å²) in [6, 6.07) is 21.7. The third-order valence-corrected chi connectivity index (χ3v) is 4.13. The Hall–Kier alpha value is -2.35. The predicted octanol–water partition coefficient (Wildman–Crippen LogP) is 4.95. The summed E-state index contributed by atoms with van der Waals surface area (Å²) in [5.74, 6) is 0.488. The topological polar surface area (TPSA) is 28.7 Å². The maximum Gasteiger partial charge on any atom is 0.0923 e. The van der Waals surface area contributed by atoms with E-state index < -0.39 is 0 Å². The molecule has 2 nitrogen and oxygen atoms in total. The Morgan fingerprint density at radius 1 is 0.818 bits per heavy atom. The molecule has 3 aromatic rings. The number of imidazole rings is 1. The van der Waals surface area contributed by atoms with Gasteiger partial charge >= 0.3 is 0 Å². The van der Waals surface area contributed by atoms with Crippen LogP contribution >= 0.6 is 0 Å². The van der Waals surface area contributed by atoms with Gasteiger partial charge in [0.25, 0.3) is 0 Å². The van der Waals surface area contributed by atoms with Crippen LogP contribution in [-0.2, 0) is 6.42 Å². The van der Waals surface area contributed by atoms with Crippen LogP contribution < -0.4 is 0 Å². The summed E-state index contributed by atoms with van der Waals surface area (Å²) in [4.78, 5) is 7.31. The van der Waals surface area contributed by atoms with Crippen molar-refractivity contribution < 1.29 is 0 Å². The summed E-state index contributed by atoms with van der Waals surface area (Å²) >= 11 is 0. The number of nitrogens with zero attached hydrogens (tertiary/aromatic N) is 1. The first kappa shape index (κ1) is 14.6. The van der Waals surface area contributed by atoms with Gasteiger partial charge in [0.2, 0.25) is 0 Å². The zero-order chi connectivity index (χ0) is 15.0. The molecule has 0 radical (unpaired) electrons. The molecule has 0 unspecified atom stereocenters. The van der Waals surface area contributed by atoms with Gasteiger partial charge in [-0.15, -0.1) is 0 Å².